The third kappa shape index (κ3) is 2.45. The molecular weight excluding hydrogens is 184 g/mol. The number of carbonyl (C=O) groups excluding carboxylic acids is 1. The van der Waals surface area contributed by atoms with Crippen molar-refractivity contribution in [2.24, 2.45) is 5.73 Å². The lowest BCUT2D eigenvalue weighted by atomic mass is 10.1. The lowest BCUT2D eigenvalue weighted by Crippen LogP contribution is -2.45. The molecule has 1 amide bonds. The summed E-state index contributed by atoms with van der Waals surface area (Å²) in [6.45, 7) is 2.26. The van der Waals surface area contributed by atoms with Crippen LogP contribution in [0.3, 0.4) is 0 Å². The summed E-state index contributed by atoms with van der Waals surface area (Å²) in [5.74, 6) is -1.01. The summed E-state index contributed by atoms with van der Waals surface area (Å²) in [6.07, 6.45) is 1.67. The van der Waals surface area contributed by atoms with E-state index in [2.05, 4.69) is 0 Å². The van der Waals surface area contributed by atoms with Gasteiger partial charge < -0.3 is 15.7 Å². The minimum atomic E-state index is -0.862. The van der Waals surface area contributed by atoms with Crippen molar-refractivity contribution in [1.82, 2.24) is 4.90 Å². The topological polar surface area (TPSA) is 83.6 Å². The molecule has 2 atom stereocenters. The van der Waals surface area contributed by atoms with Gasteiger partial charge in [0.15, 0.2) is 0 Å². The van der Waals surface area contributed by atoms with Crippen molar-refractivity contribution in [1.29, 1.82) is 0 Å². The van der Waals surface area contributed by atoms with E-state index in [4.69, 9.17) is 10.8 Å². The van der Waals surface area contributed by atoms with E-state index in [1.54, 1.807) is 11.8 Å². The fourth-order valence-electron chi connectivity index (χ4n) is 1.80. The first kappa shape index (κ1) is 11.0. The largest absolute Gasteiger partial charge is 0.481 e. The van der Waals surface area contributed by atoms with Gasteiger partial charge in [0.25, 0.3) is 0 Å². The van der Waals surface area contributed by atoms with Crippen molar-refractivity contribution in [2.45, 2.75) is 38.3 Å². The van der Waals surface area contributed by atoms with Gasteiger partial charge in [-0.2, -0.15) is 0 Å². The van der Waals surface area contributed by atoms with Crippen molar-refractivity contribution >= 4 is 11.9 Å². The average molecular weight is 200 g/mol. The second-order valence-electron chi connectivity index (χ2n) is 3.71. The van der Waals surface area contributed by atoms with Crippen molar-refractivity contribution < 1.29 is 14.7 Å². The van der Waals surface area contributed by atoms with Crippen LogP contribution < -0.4 is 5.73 Å². The summed E-state index contributed by atoms with van der Waals surface area (Å²) in [4.78, 5) is 23.7. The number of nitrogens with two attached hydrogens (primary N) is 1. The number of hydrogen-bond donors (Lipinski definition) is 2. The summed E-state index contributed by atoms with van der Waals surface area (Å²) in [5, 5.41) is 8.64. The highest BCUT2D eigenvalue weighted by molar-refractivity contribution is 5.82. The molecule has 0 aliphatic carbocycles. The fourth-order valence-corrected chi connectivity index (χ4v) is 1.80. The van der Waals surface area contributed by atoms with Gasteiger partial charge in [0, 0.05) is 12.6 Å². The van der Waals surface area contributed by atoms with E-state index >= 15 is 0 Å². The summed E-state index contributed by atoms with van der Waals surface area (Å²) in [6, 6.07) is -0.699. The van der Waals surface area contributed by atoms with Crippen LogP contribution in [-0.4, -0.2) is 40.5 Å². The number of rotatable bonds is 3. The Morgan fingerprint density at radius 2 is 2.29 bits per heavy atom. The highest BCUT2D eigenvalue weighted by atomic mass is 16.4. The molecule has 0 radical (unpaired) electrons. The van der Waals surface area contributed by atoms with Crippen molar-refractivity contribution in [3.05, 3.63) is 0 Å². The van der Waals surface area contributed by atoms with Crippen LogP contribution in [0.1, 0.15) is 26.2 Å². The number of amides is 1. The molecule has 3 N–H and O–H groups in total. The molecule has 1 rings (SSSR count). The van der Waals surface area contributed by atoms with Gasteiger partial charge in [0.05, 0.1) is 12.5 Å². The molecule has 1 aliphatic heterocycles. The van der Waals surface area contributed by atoms with Crippen LogP contribution in [0.2, 0.25) is 0 Å². The third-order valence-corrected chi connectivity index (χ3v) is 2.46. The summed E-state index contributed by atoms with van der Waals surface area (Å²) >= 11 is 0. The molecule has 0 aromatic carbocycles. The fraction of sp³-hybridized carbons (Fsp3) is 0.778. The maximum Gasteiger partial charge on any atom is 0.305 e. The Morgan fingerprint density at radius 1 is 1.64 bits per heavy atom. The lowest BCUT2D eigenvalue weighted by molar-refractivity contribution is -0.140. The van der Waals surface area contributed by atoms with Crippen LogP contribution in [0.4, 0.5) is 0 Å². The molecule has 1 aliphatic rings. The van der Waals surface area contributed by atoms with Gasteiger partial charge in [0.1, 0.15) is 0 Å². The zero-order valence-corrected chi connectivity index (χ0v) is 8.27. The van der Waals surface area contributed by atoms with Crippen LogP contribution in [0, 0.1) is 0 Å². The first-order valence-corrected chi connectivity index (χ1v) is 4.80. The number of hydrogen-bond acceptors (Lipinski definition) is 3. The Labute approximate surface area is 82.9 Å². The Hall–Kier alpha value is -1.10. The van der Waals surface area contributed by atoms with Gasteiger partial charge in [-0.25, -0.2) is 0 Å². The molecule has 0 bridgehead atoms. The van der Waals surface area contributed by atoms with Crippen LogP contribution >= 0.6 is 0 Å². The van der Waals surface area contributed by atoms with E-state index in [-0.39, 0.29) is 18.4 Å². The van der Waals surface area contributed by atoms with Gasteiger partial charge >= 0.3 is 5.97 Å². The molecule has 5 heteroatoms. The SMILES string of the molecule is C[C@H](N)C(=O)N1CCC[C@H]1CC(=O)O. The van der Waals surface area contributed by atoms with Gasteiger partial charge in [-0.15, -0.1) is 0 Å². The van der Waals surface area contributed by atoms with Crippen molar-refractivity contribution in [3.8, 4) is 0 Å². The average Bonchev–Trinajstić information content (AvgIpc) is 2.49. The van der Waals surface area contributed by atoms with Crippen LogP contribution in [-0.2, 0) is 9.59 Å². The van der Waals surface area contributed by atoms with Crippen molar-refractivity contribution in [2.75, 3.05) is 6.54 Å². The molecule has 1 heterocycles. The first-order valence-electron chi connectivity index (χ1n) is 4.80. The summed E-state index contributed by atoms with van der Waals surface area (Å²) in [7, 11) is 0. The second kappa shape index (κ2) is 4.41. The molecule has 1 saturated heterocycles. The van der Waals surface area contributed by atoms with E-state index in [0.29, 0.717) is 6.54 Å². The maximum absolute atomic E-state index is 11.5. The van der Waals surface area contributed by atoms with E-state index in [9.17, 15) is 9.59 Å². The molecule has 14 heavy (non-hydrogen) atoms. The minimum absolute atomic E-state index is 0.0263. The minimum Gasteiger partial charge on any atom is -0.481 e. The van der Waals surface area contributed by atoms with E-state index in [1.165, 1.54) is 0 Å². The zero-order chi connectivity index (χ0) is 10.7. The van der Waals surface area contributed by atoms with Gasteiger partial charge in [-0.05, 0) is 19.8 Å². The lowest BCUT2D eigenvalue weighted by Gasteiger charge is -2.25. The monoisotopic (exact) mass is 200 g/mol. The van der Waals surface area contributed by atoms with Gasteiger partial charge in [0.2, 0.25) is 5.91 Å². The number of carboxylic acids is 1. The quantitative estimate of drug-likeness (QED) is 0.660. The molecular formula is C9H16N2O3. The van der Waals surface area contributed by atoms with Gasteiger partial charge in [-0.3, -0.25) is 9.59 Å². The Balaban J connectivity index is 2.59. The van der Waals surface area contributed by atoms with E-state index in [1.807, 2.05) is 0 Å². The Bertz CT molecular complexity index is 240. The molecule has 0 saturated carbocycles. The number of carbonyl (C=O) groups is 2. The Morgan fingerprint density at radius 3 is 2.79 bits per heavy atom. The molecule has 1 fully saturated rings. The third-order valence-electron chi connectivity index (χ3n) is 2.46. The molecule has 80 valence electrons. The number of nitrogens with zero attached hydrogens (tertiary/aromatic N) is 1. The number of aliphatic carboxylic acids is 1. The first-order chi connectivity index (χ1) is 6.52. The van der Waals surface area contributed by atoms with E-state index < -0.39 is 12.0 Å². The summed E-state index contributed by atoms with van der Waals surface area (Å²) in [5.41, 5.74) is 5.47. The summed E-state index contributed by atoms with van der Waals surface area (Å²) < 4.78 is 0. The van der Waals surface area contributed by atoms with Crippen LogP contribution in [0.25, 0.3) is 0 Å². The van der Waals surface area contributed by atoms with E-state index in [0.717, 1.165) is 12.8 Å². The Kier molecular flexibility index (Phi) is 3.46. The smallest absolute Gasteiger partial charge is 0.305 e. The molecule has 0 aromatic rings. The highest BCUT2D eigenvalue weighted by Crippen LogP contribution is 2.20. The second-order valence-corrected chi connectivity index (χ2v) is 3.71. The molecule has 0 aromatic heterocycles. The van der Waals surface area contributed by atoms with Crippen LogP contribution in [0.15, 0.2) is 0 Å². The van der Waals surface area contributed by atoms with Gasteiger partial charge in [-0.1, -0.05) is 0 Å². The van der Waals surface area contributed by atoms with Crippen LogP contribution in [0.5, 0.6) is 0 Å². The van der Waals surface area contributed by atoms with Crippen molar-refractivity contribution in [3.63, 3.8) is 0 Å². The predicted molar refractivity (Wildman–Crippen MR) is 50.6 cm³/mol. The normalized spacial score (nSPS) is 23.6. The molecule has 5 nitrogen and oxygen atoms in total. The predicted octanol–water partition coefficient (Wildman–Crippen LogP) is -0.201. The highest BCUT2D eigenvalue weighted by Gasteiger charge is 2.31. The molecule has 0 spiro atoms. The number of likely N-dealkylation sites (tertiary alicyclic amines) is 1. The molecule has 0 unspecified atom stereocenters. The zero-order valence-electron chi connectivity index (χ0n) is 8.27. The maximum atomic E-state index is 11.5. The standard InChI is InChI=1S/C9H16N2O3/c1-6(10)9(14)11-4-2-3-7(11)5-8(12)13/h6-7H,2-5,10H2,1H3,(H,12,13)/t6-,7-/m0/s1. The number of carboxylic acid groups (broad SMARTS) is 1.